The van der Waals surface area contributed by atoms with Crippen molar-refractivity contribution >= 4 is 38.3 Å². The smallest absolute Gasteiger partial charge is 0.157 e. The van der Waals surface area contributed by atoms with Crippen LogP contribution in [0.25, 0.3) is 21.6 Å². The van der Waals surface area contributed by atoms with Gasteiger partial charge >= 0.3 is 0 Å². The second kappa shape index (κ2) is 7.05. The van der Waals surface area contributed by atoms with Crippen LogP contribution in [0.5, 0.6) is 0 Å². The summed E-state index contributed by atoms with van der Waals surface area (Å²) in [5, 5.41) is 0. The lowest BCUT2D eigenvalue weighted by Gasteiger charge is -2.06. The monoisotopic (exact) mass is 410 g/mol. The fourth-order valence-corrected chi connectivity index (χ4v) is 4.42. The quantitative estimate of drug-likeness (QED) is 0.559. The third-order valence-electron chi connectivity index (χ3n) is 3.36. The van der Waals surface area contributed by atoms with Crippen LogP contribution < -0.4 is 0 Å². The lowest BCUT2D eigenvalue weighted by Crippen LogP contribution is -1.92. The van der Waals surface area contributed by atoms with Gasteiger partial charge in [-0.2, -0.15) is 0 Å². The second-order valence-corrected chi connectivity index (χ2v) is 8.33. The van der Waals surface area contributed by atoms with Gasteiger partial charge in [0.15, 0.2) is 11.1 Å². The van der Waals surface area contributed by atoms with Crippen molar-refractivity contribution in [3.8, 4) is 21.6 Å². The fourth-order valence-electron chi connectivity index (χ4n) is 2.31. The van der Waals surface area contributed by atoms with Gasteiger partial charge < -0.3 is 4.55 Å². The average Bonchev–Trinajstić information content (AvgIpc) is 2.90. The fraction of sp³-hybridized carbons (Fsp3) is 0.0588. The highest BCUT2D eigenvalue weighted by molar-refractivity contribution is 9.11. The molecule has 2 nitrogen and oxygen atoms in total. The van der Waals surface area contributed by atoms with E-state index in [4.69, 9.17) is 4.55 Å². The lowest BCUT2D eigenvalue weighted by atomic mass is 10.0. The molecule has 3 rings (SSSR count). The van der Waals surface area contributed by atoms with Crippen LogP contribution in [-0.4, -0.2) is 8.76 Å². The van der Waals surface area contributed by atoms with Crippen molar-refractivity contribution in [3.63, 3.8) is 0 Å². The van der Waals surface area contributed by atoms with E-state index in [0.717, 1.165) is 30.9 Å². The van der Waals surface area contributed by atoms with E-state index < -0.39 is 11.1 Å². The molecular weight excluding hydrogens is 399 g/mol. The molecular formula is C17H12BrFO2S2. The molecule has 0 fully saturated rings. The number of benzene rings is 2. The SMILES string of the molecule is O=S(O)Cc1ccc(-c2cc(Br)sc2-c2ccc(F)cc2)cc1. The summed E-state index contributed by atoms with van der Waals surface area (Å²) in [5.74, 6) is -0.134. The molecule has 1 atom stereocenters. The van der Waals surface area contributed by atoms with Crippen molar-refractivity contribution in [2.24, 2.45) is 0 Å². The molecule has 23 heavy (non-hydrogen) atoms. The van der Waals surface area contributed by atoms with Gasteiger partial charge in [-0.15, -0.1) is 11.3 Å². The second-order valence-electron chi connectivity index (χ2n) is 4.96. The molecule has 0 aliphatic carbocycles. The van der Waals surface area contributed by atoms with E-state index in [2.05, 4.69) is 15.9 Å². The maximum absolute atomic E-state index is 13.1. The van der Waals surface area contributed by atoms with Crippen LogP contribution in [-0.2, 0) is 16.8 Å². The Morgan fingerprint density at radius 2 is 1.65 bits per heavy atom. The van der Waals surface area contributed by atoms with E-state index in [-0.39, 0.29) is 11.6 Å². The van der Waals surface area contributed by atoms with Gasteiger partial charge in [-0.25, -0.2) is 8.60 Å². The summed E-state index contributed by atoms with van der Waals surface area (Å²) in [5.41, 5.74) is 3.83. The minimum atomic E-state index is -1.84. The van der Waals surface area contributed by atoms with E-state index in [1.807, 2.05) is 30.3 Å². The Morgan fingerprint density at radius 3 is 2.26 bits per heavy atom. The average molecular weight is 411 g/mol. The summed E-state index contributed by atoms with van der Waals surface area (Å²) >= 11 is 3.26. The van der Waals surface area contributed by atoms with Crippen LogP contribution in [0.15, 0.2) is 58.4 Å². The Bertz CT molecular complexity index is 842. The third-order valence-corrected chi connectivity index (χ3v) is 5.63. The van der Waals surface area contributed by atoms with Gasteiger partial charge in [0.25, 0.3) is 0 Å². The summed E-state index contributed by atoms with van der Waals surface area (Å²) in [6.45, 7) is 0. The first-order chi connectivity index (χ1) is 11.0. The summed E-state index contributed by atoms with van der Waals surface area (Å²) in [4.78, 5) is 1.05. The number of thiophene rings is 1. The molecule has 1 N–H and O–H groups in total. The standard InChI is InChI=1S/C17H12BrFO2S2/c18-16-9-15(12-3-1-11(2-4-12)10-23(20)21)17(22-16)13-5-7-14(19)8-6-13/h1-9H,10H2,(H,20,21). The molecule has 0 amide bonds. The minimum absolute atomic E-state index is 0.123. The molecule has 3 aromatic rings. The zero-order valence-electron chi connectivity index (χ0n) is 11.8. The van der Waals surface area contributed by atoms with Gasteiger partial charge in [0.2, 0.25) is 0 Å². The normalized spacial score (nSPS) is 12.3. The summed E-state index contributed by atoms with van der Waals surface area (Å²) < 4.78 is 33.9. The van der Waals surface area contributed by atoms with E-state index in [0.29, 0.717) is 0 Å². The van der Waals surface area contributed by atoms with Crippen molar-refractivity contribution in [2.75, 3.05) is 0 Å². The number of hydrogen-bond donors (Lipinski definition) is 1. The molecule has 1 heterocycles. The maximum Gasteiger partial charge on any atom is 0.157 e. The van der Waals surface area contributed by atoms with Crippen LogP contribution in [0.1, 0.15) is 5.56 Å². The van der Waals surface area contributed by atoms with Gasteiger partial charge in [-0.1, -0.05) is 36.4 Å². The first-order valence-electron chi connectivity index (χ1n) is 6.75. The van der Waals surface area contributed by atoms with Gasteiger partial charge in [-0.05, 0) is 50.8 Å². The largest absolute Gasteiger partial charge is 0.306 e. The molecule has 0 saturated heterocycles. The predicted octanol–water partition coefficient (Wildman–Crippen LogP) is 5.71. The first kappa shape index (κ1) is 16.5. The van der Waals surface area contributed by atoms with Crippen molar-refractivity contribution in [1.82, 2.24) is 0 Å². The van der Waals surface area contributed by atoms with E-state index in [1.165, 1.54) is 12.1 Å². The van der Waals surface area contributed by atoms with Gasteiger partial charge in [0.1, 0.15) is 5.82 Å². The molecule has 0 bridgehead atoms. The van der Waals surface area contributed by atoms with Crippen LogP contribution in [0, 0.1) is 5.82 Å². The topological polar surface area (TPSA) is 37.3 Å². The van der Waals surface area contributed by atoms with Gasteiger partial charge in [0, 0.05) is 10.4 Å². The predicted molar refractivity (Wildman–Crippen MR) is 97.3 cm³/mol. The third kappa shape index (κ3) is 3.95. The first-order valence-corrected chi connectivity index (χ1v) is 9.63. The molecule has 1 unspecified atom stereocenters. The highest BCUT2D eigenvalue weighted by Gasteiger charge is 2.12. The highest BCUT2D eigenvalue weighted by Crippen LogP contribution is 2.41. The Hall–Kier alpha value is -1.34. The van der Waals surface area contributed by atoms with Crippen molar-refractivity contribution in [3.05, 3.63) is 69.8 Å². The van der Waals surface area contributed by atoms with Crippen molar-refractivity contribution < 1.29 is 13.2 Å². The molecule has 0 aliphatic rings. The molecule has 0 saturated carbocycles. The zero-order chi connectivity index (χ0) is 16.4. The summed E-state index contributed by atoms with van der Waals surface area (Å²) in [6.07, 6.45) is 0. The number of rotatable bonds is 4. The summed E-state index contributed by atoms with van der Waals surface area (Å²) in [6, 6.07) is 16.0. The van der Waals surface area contributed by atoms with Crippen LogP contribution >= 0.6 is 27.3 Å². The van der Waals surface area contributed by atoms with Crippen molar-refractivity contribution in [2.45, 2.75) is 5.75 Å². The number of halogens is 2. The van der Waals surface area contributed by atoms with E-state index in [9.17, 15) is 8.60 Å². The van der Waals surface area contributed by atoms with Crippen LogP contribution in [0.4, 0.5) is 4.39 Å². The van der Waals surface area contributed by atoms with E-state index >= 15 is 0 Å². The van der Waals surface area contributed by atoms with E-state index in [1.54, 1.807) is 23.5 Å². The molecule has 0 spiro atoms. The van der Waals surface area contributed by atoms with Gasteiger partial charge in [-0.3, -0.25) is 0 Å². The molecule has 1 aromatic heterocycles. The minimum Gasteiger partial charge on any atom is -0.306 e. The Morgan fingerprint density at radius 1 is 1.04 bits per heavy atom. The molecule has 0 aliphatic heterocycles. The Labute approximate surface area is 148 Å². The van der Waals surface area contributed by atoms with Crippen molar-refractivity contribution in [1.29, 1.82) is 0 Å². The molecule has 6 heteroatoms. The lowest BCUT2D eigenvalue weighted by molar-refractivity contribution is 0.563. The molecule has 118 valence electrons. The zero-order valence-corrected chi connectivity index (χ0v) is 15.1. The molecule has 0 radical (unpaired) electrons. The highest BCUT2D eigenvalue weighted by atomic mass is 79.9. The van der Waals surface area contributed by atoms with Gasteiger partial charge in [0.05, 0.1) is 9.54 Å². The maximum atomic E-state index is 13.1. The van der Waals surface area contributed by atoms with Crippen LogP contribution in [0.2, 0.25) is 0 Å². The molecule has 2 aromatic carbocycles. The van der Waals surface area contributed by atoms with Crippen LogP contribution in [0.3, 0.4) is 0 Å². The number of hydrogen-bond acceptors (Lipinski definition) is 2. The summed E-state index contributed by atoms with van der Waals surface area (Å²) in [7, 11) is 0. The Balaban J connectivity index is 2.00. The Kier molecular flexibility index (Phi) is 5.06.